The third-order valence-corrected chi connectivity index (χ3v) is 3.34. The lowest BCUT2D eigenvalue weighted by molar-refractivity contribution is 0.139. The summed E-state index contributed by atoms with van der Waals surface area (Å²) in [5.74, 6) is -0.205. The maximum Gasteiger partial charge on any atom is 0.123 e. The Morgan fingerprint density at radius 1 is 1.32 bits per heavy atom. The van der Waals surface area contributed by atoms with E-state index in [9.17, 15) is 4.39 Å². The van der Waals surface area contributed by atoms with Gasteiger partial charge >= 0.3 is 0 Å². The maximum atomic E-state index is 12.9. The molecule has 0 spiro atoms. The molecule has 2 rings (SSSR count). The largest absolute Gasteiger partial charge is 0.383 e. The third kappa shape index (κ3) is 4.58. The molecule has 0 aromatic heterocycles. The first-order valence-electron chi connectivity index (χ1n) is 5.96. The van der Waals surface area contributed by atoms with Crippen molar-refractivity contribution >= 4 is 24.8 Å². The van der Waals surface area contributed by atoms with Crippen molar-refractivity contribution in [1.29, 1.82) is 0 Å². The highest BCUT2D eigenvalue weighted by molar-refractivity contribution is 5.85. The van der Waals surface area contributed by atoms with Gasteiger partial charge in [-0.1, -0.05) is 12.1 Å². The van der Waals surface area contributed by atoms with Crippen LogP contribution in [0.1, 0.15) is 18.0 Å². The number of rotatable bonds is 4. The Hall–Kier alpha value is -0.390. The minimum atomic E-state index is -0.205. The van der Waals surface area contributed by atoms with E-state index < -0.39 is 0 Å². The van der Waals surface area contributed by atoms with E-state index in [0.29, 0.717) is 6.61 Å². The van der Waals surface area contributed by atoms with Crippen LogP contribution in [0, 0.1) is 5.82 Å². The first-order chi connectivity index (χ1) is 8.22. The lowest BCUT2D eigenvalue weighted by Gasteiger charge is -2.26. The minimum absolute atomic E-state index is 0. The maximum absolute atomic E-state index is 12.9. The molecule has 2 N–H and O–H groups in total. The number of ether oxygens (including phenoxy) is 1. The third-order valence-electron chi connectivity index (χ3n) is 3.34. The molecule has 2 atom stereocenters. The fourth-order valence-electron chi connectivity index (χ4n) is 2.46. The van der Waals surface area contributed by atoms with Crippen LogP contribution in [0.25, 0.3) is 0 Å². The quantitative estimate of drug-likeness (QED) is 0.928. The van der Waals surface area contributed by atoms with E-state index in [4.69, 9.17) is 10.5 Å². The normalized spacial score (nSPS) is 22.7. The lowest BCUT2D eigenvalue weighted by atomic mass is 10.0. The number of likely N-dealkylation sites (tertiary alicyclic amines) is 1. The van der Waals surface area contributed by atoms with E-state index in [1.807, 2.05) is 12.1 Å². The smallest absolute Gasteiger partial charge is 0.123 e. The van der Waals surface area contributed by atoms with Crippen molar-refractivity contribution in [2.45, 2.75) is 18.5 Å². The summed E-state index contributed by atoms with van der Waals surface area (Å²) in [6, 6.07) is 6.95. The van der Waals surface area contributed by atoms with E-state index in [2.05, 4.69) is 4.90 Å². The average molecular weight is 311 g/mol. The zero-order chi connectivity index (χ0) is 12.3. The van der Waals surface area contributed by atoms with Gasteiger partial charge in [0.2, 0.25) is 0 Å². The molecule has 0 bridgehead atoms. The SMILES string of the molecule is COCCN1CCC(N)C1c1ccc(F)cc1.Cl.Cl. The molecule has 1 aliphatic rings. The van der Waals surface area contributed by atoms with Crippen LogP contribution in [0.4, 0.5) is 4.39 Å². The first kappa shape index (κ1) is 18.6. The number of hydrogen-bond donors (Lipinski definition) is 1. The van der Waals surface area contributed by atoms with Crippen molar-refractivity contribution in [1.82, 2.24) is 4.90 Å². The molecule has 3 nitrogen and oxygen atoms in total. The predicted molar refractivity (Wildman–Crippen MR) is 79.7 cm³/mol. The summed E-state index contributed by atoms with van der Waals surface area (Å²) in [6.45, 7) is 2.54. The lowest BCUT2D eigenvalue weighted by Crippen LogP contribution is -2.33. The monoisotopic (exact) mass is 310 g/mol. The topological polar surface area (TPSA) is 38.5 Å². The molecule has 110 valence electrons. The van der Waals surface area contributed by atoms with Crippen LogP contribution in [0.15, 0.2) is 24.3 Å². The Morgan fingerprint density at radius 2 is 1.95 bits per heavy atom. The molecule has 2 unspecified atom stereocenters. The number of hydrogen-bond acceptors (Lipinski definition) is 3. The van der Waals surface area contributed by atoms with Crippen LogP contribution in [0.3, 0.4) is 0 Å². The standard InChI is InChI=1S/C13H19FN2O.2ClH/c1-17-9-8-16-7-6-12(15)13(16)10-2-4-11(14)5-3-10;;/h2-5,12-13H,6-9,15H2,1H3;2*1H. The summed E-state index contributed by atoms with van der Waals surface area (Å²) >= 11 is 0. The van der Waals surface area contributed by atoms with Gasteiger partial charge in [0.15, 0.2) is 0 Å². The van der Waals surface area contributed by atoms with E-state index in [1.165, 1.54) is 12.1 Å². The zero-order valence-electron chi connectivity index (χ0n) is 10.9. The van der Waals surface area contributed by atoms with Gasteiger partial charge in [-0.25, -0.2) is 4.39 Å². The number of nitrogens with two attached hydrogens (primary N) is 1. The van der Waals surface area contributed by atoms with Crippen molar-refractivity contribution in [3.63, 3.8) is 0 Å². The van der Waals surface area contributed by atoms with Crippen molar-refractivity contribution in [3.05, 3.63) is 35.6 Å². The summed E-state index contributed by atoms with van der Waals surface area (Å²) in [7, 11) is 1.70. The second kappa shape index (κ2) is 8.72. The molecule has 6 heteroatoms. The van der Waals surface area contributed by atoms with Crippen LogP contribution in [-0.2, 0) is 4.74 Å². The zero-order valence-corrected chi connectivity index (χ0v) is 12.6. The van der Waals surface area contributed by atoms with E-state index in [1.54, 1.807) is 7.11 Å². The summed E-state index contributed by atoms with van der Waals surface area (Å²) in [5, 5.41) is 0. The average Bonchev–Trinajstić information content (AvgIpc) is 2.69. The van der Waals surface area contributed by atoms with Crippen molar-refractivity contribution < 1.29 is 9.13 Å². The molecule has 0 aliphatic carbocycles. The molecule has 0 radical (unpaired) electrons. The van der Waals surface area contributed by atoms with Crippen molar-refractivity contribution in [3.8, 4) is 0 Å². The summed E-state index contributed by atoms with van der Waals surface area (Å²) < 4.78 is 18.0. The van der Waals surface area contributed by atoms with Gasteiger partial charge in [0.1, 0.15) is 5.82 Å². The van der Waals surface area contributed by atoms with E-state index >= 15 is 0 Å². The highest BCUT2D eigenvalue weighted by Gasteiger charge is 2.32. The van der Waals surface area contributed by atoms with E-state index in [0.717, 1.165) is 25.1 Å². The second-order valence-corrected chi connectivity index (χ2v) is 4.48. The predicted octanol–water partition coefficient (Wildman–Crippen LogP) is 2.39. The molecule has 1 saturated heterocycles. The fraction of sp³-hybridized carbons (Fsp3) is 0.538. The molecule has 1 aliphatic heterocycles. The molecule has 19 heavy (non-hydrogen) atoms. The van der Waals surface area contributed by atoms with Gasteiger partial charge in [0, 0.05) is 26.2 Å². The van der Waals surface area contributed by atoms with Gasteiger partial charge in [0.05, 0.1) is 12.6 Å². The van der Waals surface area contributed by atoms with Crippen LogP contribution in [0.5, 0.6) is 0 Å². The number of nitrogens with zero attached hydrogens (tertiary/aromatic N) is 1. The molecular formula is C13H21Cl2FN2O. The number of halogens is 3. The van der Waals surface area contributed by atoms with Gasteiger partial charge < -0.3 is 10.5 Å². The summed E-state index contributed by atoms with van der Waals surface area (Å²) in [5.41, 5.74) is 7.23. The van der Waals surface area contributed by atoms with Crippen LogP contribution in [-0.4, -0.2) is 37.7 Å². The van der Waals surface area contributed by atoms with Gasteiger partial charge in [-0.05, 0) is 24.1 Å². The minimum Gasteiger partial charge on any atom is -0.383 e. The Kier molecular flexibility index (Phi) is 8.54. The van der Waals surface area contributed by atoms with Crippen LogP contribution < -0.4 is 5.73 Å². The second-order valence-electron chi connectivity index (χ2n) is 4.48. The first-order valence-corrected chi connectivity index (χ1v) is 5.96. The highest BCUT2D eigenvalue weighted by atomic mass is 35.5. The van der Waals surface area contributed by atoms with Crippen LogP contribution >= 0.6 is 24.8 Å². The fourth-order valence-corrected chi connectivity index (χ4v) is 2.46. The van der Waals surface area contributed by atoms with Gasteiger partial charge in [-0.2, -0.15) is 0 Å². The van der Waals surface area contributed by atoms with Crippen molar-refractivity contribution in [2.24, 2.45) is 5.73 Å². The highest BCUT2D eigenvalue weighted by Crippen LogP contribution is 2.30. The number of methoxy groups -OCH3 is 1. The Morgan fingerprint density at radius 3 is 2.53 bits per heavy atom. The van der Waals surface area contributed by atoms with Crippen LogP contribution in [0.2, 0.25) is 0 Å². The van der Waals surface area contributed by atoms with Gasteiger partial charge in [0.25, 0.3) is 0 Å². The summed E-state index contributed by atoms with van der Waals surface area (Å²) in [6.07, 6.45) is 0.978. The van der Waals surface area contributed by atoms with Gasteiger partial charge in [-0.3, -0.25) is 4.90 Å². The van der Waals surface area contributed by atoms with Crippen molar-refractivity contribution in [2.75, 3.05) is 26.8 Å². The molecular weight excluding hydrogens is 290 g/mol. The molecule has 1 aromatic rings. The molecule has 0 saturated carbocycles. The van der Waals surface area contributed by atoms with E-state index in [-0.39, 0.29) is 42.7 Å². The Balaban J connectivity index is 0.00000162. The Bertz CT molecular complexity index is 364. The molecule has 0 amide bonds. The molecule has 1 heterocycles. The number of benzene rings is 1. The van der Waals surface area contributed by atoms with Gasteiger partial charge in [-0.15, -0.1) is 24.8 Å². The Labute approximate surface area is 126 Å². The molecule has 1 aromatic carbocycles. The summed E-state index contributed by atoms with van der Waals surface area (Å²) in [4.78, 5) is 2.31. The molecule has 1 fully saturated rings.